The van der Waals surface area contributed by atoms with Gasteiger partial charge in [0.15, 0.2) is 9.84 Å². The summed E-state index contributed by atoms with van der Waals surface area (Å²) in [6.07, 6.45) is 1.01. The van der Waals surface area contributed by atoms with Gasteiger partial charge in [0.1, 0.15) is 11.5 Å². The summed E-state index contributed by atoms with van der Waals surface area (Å²) in [5.41, 5.74) is 1.30. The molecule has 0 unspecified atom stereocenters. The lowest BCUT2D eigenvalue weighted by atomic mass is 10.1. The average molecular weight is 419 g/mol. The minimum atomic E-state index is -3.30. The van der Waals surface area contributed by atoms with Crippen LogP contribution in [-0.4, -0.2) is 77.5 Å². The number of sulfone groups is 1. The molecule has 0 N–H and O–H groups in total. The molecule has 0 amide bonds. The highest BCUT2D eigenvalue weighted by molar-refractivity contribution is 7.91. The van der Waals surface area contributed by atoms with E-state index in [2.05, 4.69) is 21.9 Å². The Kier molecular flexibility index (Phi) is 7.52. The third-order valence-electron chi connectivity index (χ3n) is 5.42. The van der Waals surface area contributed by atoms with E-state index in [1.54, 1.807) is 38.5 Å². The highest BCUT2D eigenvalue weighted by atomic mass is 32.2. The largest absolute Gasteiger partial charge is 0.497 e. The van der Waals surface area contributed by atoms with Crippen LogP contribution in [0, 0.1) is 0 Å². The predicted molar refractivity (Wildman–Crippen MR) is 115 cm³/mol. The van der Waals surface area contributed by atoms with E-state index in [1.165, 1.54) is 5.56 Å². The van der Waals surface area contributed by atoms with Crippen LogP contribution in [0.15, 0.2) is 53.4 Å². The summed E-state index contributed by atoms with van der Waals surface area (Å²) in [5, 5.41) is 0. The summed E-state index contributed by atoms with van der Waals surface area (Å²) in [4.78, 5) is 5.01. The van der Waals surface area contributed by atoms with E-state index in [0.29, 0.717) is 17.2 Å². The first kappa shape index (κ1) is 21.6. The maximum Gasteiger partial charge on any atom is 0.179 e. The second-order valence-electron chi connectivity index (χ2n) is 7.28. The molecule has 1 aliphatic rings. The third-order valence-corrected chi connectivity index (χ3v) is 7.11. The quantitative estimate of drug-likeness (QED) is 0.623. The molecule has 1 heterocycles. The van der Waals surface area contributed by atoms with Crippen molar-refractivity contribution in [2.45, 2.75) is 11.3 Å². The molecule has 6 nitrogen and oxygen atoms in total. The topological polar surface area (TPSA) is 59.1 Å². The van der Waals surface area contributed by atoms with Crippen LogP contribution in [0.25, 0.3) is 0 Å². The number of ether oxygens (including phenoxy) is 2. The average Bonchev–Trinajstić information content (AvgIpc) is 2.77. The summed E-state index contributed by atoms with van der Waals surface area (Å²) >= 11 is 0. The van der Waals surface area contributed by atoms with E-state index in [1.807, 2.05) is 12.1 Å². The fraction of sp³-hybridized carbons (Fsp3) is 0.455. The Labute approximate surface area is 174 Å². The fourth-order valence-corrected chi connectivity index (χ4v) is 4.79. The van der Waals surface area contributed by atoms with Gasteiger partial charge in [-0.25, -0.2) is 8.42 Å². The van der Waals surface area contributed by atoms with Gasteiger partial charge in [-0.15, -0.1) is 0 Å². The number of rotatable bonds is 9. The second kappa shape index (κ2) is 10.1. The molecule has 3 rings (SSSR count). The Balaban J connectivity index is 1.42. The predicted octanol–water partition coefficient (Wildman–Crippen LogP) is 2.34. The first-order valence-electron chi connectivity index (χ1n) is 9.94. The van der Waals surface area contributed by atoms with Gasteiger partial charge in [0.2, 0.25) is 0 Å². The van der Waals surface area contributed by atoms with Crippen molar-refractivity contribution < 1.29 is 17.9 Å². The monoisotopic (exact) mass is 418 g/mol. The number of nitrogens with zero attached hydrogens (tertiary/aromatic N) is 2. The van der Waals surface area contributed by atoms with E-state index in [0.717, 1.165) is 44.9 Å². The van der Waals surface area contributed by atoms with Gasteiger partial charge in [0.25, 0.3) is 0 Å². The minimum Gasteiger partial charge on any atom is -0.497 e. The van der Waals surface area contributed by atoms with Crippen LogP contribution in [0.3, 0.4) is 0 Å². The SMILES string of the molecule is COc1ccc(CCN2CCN(CCS(=O)(=O)c3cccc(OC)c3)CC2)cc1. The summed E-state index contributed by atoms with van der Waals surface area (Å²) < 4.78 is 35.6. The molecule has 0 bridgehead atoms. The maximum atomic E-state index is 12.6. The zero-order valence-corrected chi connectivity index (χ0v) is 18.0. The molecule has 2 aromatic carbocycles. The normalized spacial score (nSPS) is 15.9. The molecule has 29 heavy (non-hydrogen) atoms. The van der Waals surface area contributed by atoms with Crippen LogP contribution < -0.4 is 9.47 Å². The Morgan fingerprint density at radius 2 is 1.45 bits per heavy atom. The van der Waals surface area contributed by atoms with E-state index in [-0.39, 0.29) is 5.75 Å². The molecule has 7 heteroatoms. The van der Waals surface area contributed by atoms with Crippen molar-refractivity contribution in [3.8, 4) is 11.5 Å². The van der Waals surface area contributed by atoms with Crippen LogP contribution in [0.2, 0.25) is 0 Å². The number of hydrogen-bond acceptors (Lipinski definition) is 6. The standard InChI is InChI=1S/C22H30N2O4S/c1-27-20-8-6-19(7-9-20)10-11-23-12-14-24(15-13-23)16-17-29(25,26)22-5-3-4-21(18-22)28-2/h3-9,18H,10-17H2,1-2H3. The molecule has 0 radical (unpaired) electrons. The lowest BCUT2D eigenvalue weighted by Crippen LogP contribution is -2.48. The van der Waals surface area contributed by atoms with Crippen LogP contribution in [0.4, 0.5) is 0 Å². The van der Waals surface area contributed by atoms with Gasteiger partial charge >= 0.3 is 0 Å². The Morgan fingerprint density at radius 1 is 0.828 bits per heavy atom. The zero-order chi connectivity index (χ0) is 20.7. The zero-order valence-electron chi connectivity index (χ0n) is 17.2. The molecule has 0 spiro atoms. The van der Waals surface area contributed by atoms with Gasteiger partial charge < -0.3 is 14.4 Å². The van der Waals surface area contributed by atoms with E-state index in [4.69, 9.17) is 9.47 Å². The third kappa shape index (κ3) is 6.19. The molecule has 0 atom stereocenters. The fourth-order valence-electron chi connectivity index (χ4n) is 3.48. The number of hydrogen-bond donors (Lipinski definition) is 0. The highest BCUT2D eigenvalue weighted by Crippen LogP contribution is 2.18. The first-order valence-corrected chi connectivity index (χ1v) is 11.6. The Morgan fingerprint density at radius 3 is 2.07 bits per heavy atom. The Bertz CT molecular complexity index is 876. The lowest BCUT2D eigenvalue weighted by molar-refractivity contribution is 0.139. The van der Waals surface area contributed by atoms with E-state index in [9.17, 15) is 8.42 Å². The maximum absolute atomic E-state index is 12.6. The summed E-state index contributed by atoms with van der Waals surface area (Å²) in [6, 6.07) is 14.9. The van der Waals surface area contributed by atoms with Crippen LogP contribution in [0.1, 0.15) is 5.56 Å². The summed E-state index contributed by atoms with van der Waals surface area (Å²) in [6.45, 7) is 5.31. The molecule has 1 aliphatic heterocycles. The number of piperazine rings is 1. The van der Waals surface area contributed by atoms with Crippen molar-refractivity contribution in [2.24, 2.45) is 0 Å². The molecule has 1 saturated heterocycles. The van der Waals surface area contributed by atoms with Crippen molar-refractivity contribution in [1.29, 1.82) is 0 Å². The minimum absolute atomic E-state index is 0.131. The van der Waals surface area contributed by atoms with E-state index >= 15 is 0 Å². The van der Waals surface area contributed by atoms with Crippen molar-refractivity contribution in [1.82, 2.24) is 9.80 Å². The lowest BCUT2D eigenvalue weighted by Gasteiger charge is -2.34. The van der Waals surface area contributed by atoms with Crippen LogP contribution in [-0.2, 0) is 16.3 Å². The molecule has 0 saturated carbocycles. The highest BCUT2D eigenvalue weighted by Gasteiger charge is 2.20. The molecular weight excluding hydrogens is 388 g/mol. The van der Waals surface area contributed by atoms with E-state index < -0.39 is 9.84 Å². The van der Waals surface area contributed by atoms with Crippen LogP contribution >= 0.6 is 0 Å². The van der Waals surface area contributed by atoms with Gasteiger partial charge in [-0.05, 0) is 42.3 Å². The van der Waals surface area contributed by atoms with Crippen molar-refractivity contribution >= 4 is 9.84 Å². The van der Waals surface area contributed by atoms with Gasteiger partial charge in [-0.3, -0.25) is 4.90 Å². The molecule has 0 aromatic heterocycles. The van der Waals surface area contributed by atoms with Gasteiger partial charge in [0.05, 0.1) is 24.9 Å². The van der Waals surface area contributed by atoms with Gasteiger partial charge in [-0.1, -0.05) is 18.2 Å². The van der Waals surface area contributed by atoms with Crippen LogP contribution in [0.5, 0.6) is 11.5 Å². The smallest absolute Gasteiger partial charge is 0.179 e. The summed E-state index contributed by atoms with van der Waals surface area (Å²) in [7, 11) is -0.0848. The van der Waals surface area contributed by atoms with Gasteiger partial charge in [-0.2, -0.15) is 0 Å². The first-order chi connectivity index (χ1) is 14.0. The molecule has 1 fully saturated rings. The Hall–Kier alpha value is -2.09. The summed E-state index contributed by atoms with van der Waals surface area (Å²) in [5.74, 6) is 1.58. The van der Waals surface area contributed by atoms with Crippen molar-refractivity contribution in [3.05, 3.63) is 54.1 Å². The molecule has 0 aliphatic carbocycles. The van der Waals surface area contributed by atoms with Crippen molar-refractivity contribution in [2.75, 3.05) is 59.2 Å². The number of methoxy groups -OCH3 is 2. The molecule has 158 valence electrons. The number of benzene rings is 2. The van der Waals surface area contributed by atoms with Gasteiger partial charge in [0, 0.05) is 39.3 Å². The second-order valence-corrected chi connectivity index (χ2v) is 9.39. The molecular formula is C22H30N2O4S. The molecule has 2 aromatic rings. The van der Waals surface area contributed by atoms with Crippen molar-refractivity contribution in [3.63, 3.8) is 0 Å².